The van der Waals surface area contributed by atoms with Crippen molar-refractivity contribution in [2.24, 2.45) is 0 Å². The molecule has 2 nitrogen and oxygen atoms in total. The van der Waals surface area contributed by atoms with E-state index in [0.717, 1.165) is 0 Å². The second-order valence-electron chi connectivity index (χ2n) is 4.62. The summed E-state index contributed by atoms with van der Waals surface area (Å²) in [6.07, 6.45) is 0. The van der Waals surface area contributed by atoms with Crippen molar-refractivity contribution in [2.45, 2.75) is 0 Å². The molecule has 5 N–H and O–H groups in total. The quantitative estimate of drug-likeness (QED) is 0.167. The van der Waals surface area contributed by atoms with Crippen LogP contribution < -0.4 is 10.6 Å². The van der Waals surface area contributed by atoms with Crippen LogP contribution in [0, 0.1) is 0 Å². The molecule has 0 aliphatic carbocycles. The molecular weight excluding hydrogens is 563 g/mol. The zero-order valence-electron chi connectivity index (χ0n) is 12.7. The minimum Gasteiger partial charge on any atom is -0.457 e. The van der Waals surface area contributed by atoms with Crippen LogP contribution in [0.15, 0.2) is 24.3 Å². The van der Waals surface area contributed by atoms with Crippen LogP contribution in [0.4, 0.5) is 24.6 Å². The molecule has 0 amide bonds. The fourth-order valence-electron chi connectivity index (χ4n) is 1.36. The molecule has 1 rings (SSSR count). The van der Waals surface area contributed by atoms with Gasteiger partial charge in [0.15, 0.2) is 0 Å². The van der Waals surface area contributed by atoms with Gasteiger partial charge in [0.2, 0.25) is 0 Å². The summed E-state index contributed by atoms with van der Waals surface area (Å²) >= 11 is 0. The Labute approximate surface area is 148 Å². The molecule has 0 saturated heterocycles. The molecule has 0 aliphatic heterocycles. The minimum atomic E-state index is -10.8. The Morgan fingerprint density at radius 3 is 1.05 bits per heavy atom. The predicted octanol–water partition coefficient (Wildman–Crippen LogP) is 1.90. The van der Waals surface area contributed by atoms with Gasteiger partial charge in [-0.2, -0.15) is 0 Å². The van der Waals surface area contributed by atoms with E-state index < -0.39 is 8.63 Å². The summed E-state index contributed by atoms with van der Waals surface area (Å²) in [6, 6.07) is 8.95. The summed E-state index contributed by atoms with van der Waals surface area (Å²) in [6.45, 7) is 9.48. The van der Waals surface area contributed by atoms with Gasteiger partial charge in [-0.05, 0) is 12.1 Å². The van der Waals surface area contributed by atoms with Crippen molar-refractivity contribution in [1.82, 2.24) is 0 Å². The molecule has 1 aromatic carbocycles. The van der Waals surface area contributed by atoms with Crippen LogP contribution in [-0.2, 0) is 5.48 Å². The van der Waals surface area contributed by atoms with Gasteiger partial charge in [0.05, 0.1) is 26.7 Å². The molecule has 22 heavy (non-hydrogen) atoms. The molecule has 132 valence electrons. The third kappa shape index (κ3) is 20.7. The Bertz CT molecular complexity index is 403. The molecule has 0 bridgehead atoms. The standard InChI is InChI=1S/C10H16P2.F6Si.2H2O.Pb/c1-11(2)9-7-5-6-8-10(9)12(3)4;1-7(2,3,4,5)6;;;/h5-8H,1-4H3;;2*1H2;/q;-2;;;+2/p+3. The number of hydrogen-bond donors (Lipinski definition) is 0. The Balaban J connectivity index is -0.000000144. The summed E-state index contributed by atoms with van der Waals surface area (Å²) in [4.78, 5) is 0. The maximum atomic E-state index is 9.88. The molecular formula is C10H23F6O2P2PbSi+3. The summed E-state index contributed by atoms with van der Waals surface area (Å²) in [5.41, 5.74) is 0. The molecule has 0 unspecified atom stereocenters. The molecule has 0 spiro atoms. The SMILES string of the molecule is C[PH+](C)c1ccccc1[PH+](C)C.F[Si-2](F)(F)(F)(F)F.O.[OH3+].[Pb+2]. The summed E-state index contributed by atoms with van der Waals surface area (Å²) < 4.78 is 59.3. The van der Waals surface area contributed by atoms with Crippen LogP contribution in [0.25, 0.3) is 0 Å². The van der Waals surface area contributed by atoms with Crippen molar-refractivity contribution in [3.8, 4) is 0 Å². The number of halogens is 6. The third-order valence-electron chi connectivity index (χ3n) is 2.00. The molecule has 0 saturated carbocycles. The van der Waals surface area contributed by atoms with Gasteiger partial charge in [-0.1, -0.05) is 12.1 Å². The average Bonchev–Trinajstić information content (AvgIpc) is 2.12. The molecule has 0 heterocycles. The van der Waals surface area contributed by atoms with Crippen LogP contribution in [0.5, 0.6) is 0 Å². The Hall–Kier alpha value is 0.719. The Kier molecular flexibility index (Phi) is 12.9. The van der Waals surface area contributed by atoms with E-state index in [1.165, 1.54) is 0 Å². The summed E-state index contributed by atoms with van der Waals surface area (Å²) in [5, 5.41) is 3.28. The first-order valence-corrected chi connectivity index (χ1v) is 12.7. The molecule has 0 atom stereocenters. The van der Waals surface area contributed by atoms with Crippen LogP contribution in [-0.4, -0.2) is 68.1 Å². The van der Waals surface area contributed by atoms with E-state index in [0.29, 0.717) is 0 Å². The minimum absolute atomic E-state index is 0. The molecule has 0 fully saturated rings. The fraction of sp³-hybridized carbons (Fsp3) is 0.400. The largest absolute Gasteiger partial charge is 2.00 e. The molecule has 12 heteroatoms. The van der Waals surface area contributed by atoms with E-state index in [1.807, 2.05) is 0 Å². The second-order valence-corrected chi connectivity index (χ2v) is 11.8. The van der Waals surface area contributed by atoms with Crippen molar-refractivity contribution in [3.63, 3.8) is 0 Å². The van der Waals surface area contributed by atoms with Crippen molar-refractivity contribution in [2.75, 3.05) is 26.7 Å². The molecule has 0 aliphatic rings. The second kappa shape index (κ2) is 9.27. The van der Waals surface area contributed by atoms with E-state index in [4.69, 9.17) is 0 Å². The molecule has 2 radical (unpaired) electrons. The van der Waals surface area contributed by atoms with Gasteiger partial charge < -0.3 is 11.0 Å². The van der Waals surface area contributed by atoms with Gasteiger partial charge in [-0.25, -0.2) is 0 Å². The normalized spacial score (nSPS) is 13.5. The smallest absolute Gasteiger partial charge is 0.457 e. The first-order valence-electron chi connectivity index (χ1n) is 5.46. The molecule has 1 aromatic rings. The first-order chi connectivity index (χ1) is 8.08. The first kappa shape index (κ1) is 30.6. The summed E-state index contributed by atoms with van der Waals surface area (Å²) in [7, 11) is -11.4. The topological polar surface area (TPSA) is 64.5 Å². The van der Waals surface area contributed by atoms with Crippen LogP contribution >= 0.6 is 15.8 Å². The van der Waals surface area contributed by atoms with Crippen molar-refractivity contribution < 1.29 is 35.6 Å². The van der Waals surface area contributed by atoms with E-state index in [-0.39, 0.29) is 54.1 Å². The van der Waals surface area contributed by atoms with Crippen molar-refractivity contribution >= 4 is 62.4 Å². The van der Waals surface area contributed by atoms with Gasteiger partial charge in [-0.3, -0.25) is 0 Å². The third-order valence-corrected chi connectivity index (χ3v) is 5.28. The van der Waals surface area contributed by atoms with Crippen molar-refractivity contribution in [3.05, 3.63) is 24.3 Å². The Morgan fingerprint density at radius 2 is 0.909 bits per heavy atom. The zero-order valence-corrected chi connectivity index (χ0v) is 19.5. The average molecular weight is 587 g/mol. The number of rotatable bonds is 2. The molecule has 0 aromatic heterocycles. The van der Waals surface area contributed by atoms with Gasteiger partial charge in [0.1, 0.15) is 10.6 Å². The zero-order chi connectivity index (χ0) is 15.5. The Morgan fingerprint density at radius 1 is 0.727 bits per heavy atom. The van der Waals surface area contributed by atoms with E-state index in [1.54, 1.807) is 10.6 Å². The monoisotopic (exact) mass is 587 g/mol. The van der Waals surface area contributed by atoms with Crippen LogP contribution in [0.3, 0.4) is 0 Å². The maximum absolute atomic E-state index is 10.8. The number of benzene rings is 1. The maximum Gasteiger partial charge on any atom is 2.00 e. The van der Waals surface area contributed by atoms with Crippen LogP contribution in [0.2, 0.25) is 0 Å². The fourth-order valence-corrected chi connectivity index (χ4v) is 4.96. The van der Waals surface area contributed by atoms with E-state index >= 15 is 0 Å². The van der Waals surface area contributed by atoms with Gasteiger partial charge in [0, 0.05) is 15.8 Å². The number of hydrogen-bond acceptors (Lipinski definition) is 0. The summed E-state index contributed by atoms with van der Waals surface area (Å²) in [5.74, 6) is 0. The van der Waals surface area contributed by atoms with Gasteiger partial charge in [-0.15, -0.1) is 0 Å². The van der Waals surface area contributed by atoms with Crippen molar-refractivity contribution in [1.29, 1.82) is 0 Å². The van der Waals surface area contributed by atoms with Gasteiger partial charge >= 0.3 is 60.6 Å². The van der Waals surface area contributed by atoms with Gasteiger partial charge in [0.25, 0.3) is 0 Å². The van der Waals surface area contributed by atoms with Crippen LogP contribution in [0.1, 0.15) is 0 Å². The van der Waals surface area contributed by atoms with E-state index in [2.05, 4.69) is 50.9 Å². The predicted molar refractivity (Wildman–Crippen MR) is 92.7 cm³/mol. The van der Waals surface area contributed by atoms with E-state index in [9.17, 15) is 24.6 Å².